The second-order valence-corrected chi connectivity index (χ2v) is 3.70. The van der Waals surface area contributed by atoms with Crippen LogP contribution in [0.3, 0.4) is 0 Å². The van der Waals surface area contributed by atoms with Gasteiger partial charge in [0.1, 0.15) is 6.23 Å². The van der Waals surface area contributed by atoms with Crippen molar-refractivity contribution < 1.29 is 14.6 Å². The van der Waals surface area contributed by atoms with Crippen molar-refractivity contribution >= 4 is 5.97 Å². The minimum absolute atomic E-state index is 0.0528. The maximum Gasteiger partial charge on any atom is 0.303 e. The van der Waals surface area contributed by atoms with Crippen LogP contribution in [0.2, 0.25) is 0 Å². The van der Waals surface area contributed by atoms with Crippen LogP contribution in [-0.4, -0.2) is 22.9 Å². The molecule has 0 spiro atoms. The number of carbonyl (C=O) groups is 1. The zero-order valence-corrected chi connectivity index (χ0v) is 7.83. The lowest BCUT2D eigenvalue weighted by molar-refractivity contribution is -0.138. The highest BCUT2D eigenvalue weighted by molar-refractivity contribution is 5.66. The zero-order valence-electron chi connectivity index (χ0n) is 7.83. The van der Waals surface area contributed by atoms with Gasteiger partial charge in [0.2, 0.25) is 0 Å². The van der Waals surface area contributed by atoms with Crippen LogP contribution in [0.15, 0.2) is 0 Å². The first kappa shape index (κ1) is 11.4. The third-order valence-corrected chi connectivity index (χ3v) is 1.15. The number of hydrogen-bond donors (Lipinski definition) is 2. The molecule has 0 saturated heterocycles. The maximum absolute atomic E-state index is 10.2. The number of hydrogen-bond acceptors (Lipinski definition) is 3. The average molecular weight is 175 g/mol. The molecular formula is C8H17NO3. The van der Waals surface area contributed by atoms with Crippen LogP contribution in [0, 0.1) is 0 Å². The van der Waals surface area contributed by atoms with E-state index in [4.69, 9.17) is 15.6 Å². The number of nitrogens with two attached hydrogens (primary N) is 1. The van der Waals surface area contributed by atoms with Crippen LogP contribution < -0.4 is 5.73 Å². The maximum atomic E-state index is 10.2. The molecule has 0 fully saturated rings. The molecule has 4 heteroatoms. The van der Waals surface area contributed by atoms with Crippen molar-refractivity contribution in [2.45, 2.75) is 45.4 Å². The number of aliphatic carboxylic acids is 1. The van der Waals surface area contributed by atoms with Gasteiger partial charge in [0.05, 0.1) is 5.60 Å². The van der Waals surface area contributed by atoms with Gasteiger partial charge in [0, 0.05) is 6.42 Å². The molecule has 0 bridgehead atoms. The summed E-state index contributed by atoms with van der Waals surface area (Å²) in [5, 5.41) is 8.35. The Balaban J connectivity index is 3.60. The van der Waals surface area contributed by atoms with Gasteiger partial charge in [-0.2, -0.15) is 0 Å². The molecule has 0 aromatic rings. The highest BCUT2D eigenvalue weighted by Gasteiger charge is 2.15. The fraction of sp³-hybridized carbons (Fsp3) is 0.875. The third kappa shape index (κ3) is 7.50. The minimum atomic E-state index is -0.844. The van der Waals surface area contributed by atoms with Crippen molar-refractivity contribution in [3.05, 3.63) is 0 Å². The summed E-state index contributed by atoms with van der Waals surface area (Å²) in [5.41, 5.74) is 5.21. The van der Waals surface area contributed by atoms with Gasteiger partial charge in [0.25, 0.3) is 0 Å². The topological polar surface area (TPSA) is 72.5 Å². The molecule has 1 atom stereocenters. The fourth-order valence-corrected chi connectivity index (χ4v) is 0.779. The van der Waals surface area contributed by atoms with E-state index >= 15 is 0 Å². The summed E-state index contributed by atoms with van der Waals surface area (Å²) >= 11 is 0. The Bertz CT molecular complexity index is 151. The molecule has 72 valence electrons. The molecule has 3 N–H and O–H groups in total. The van der Waals surface area contributed by atoms with Crippen LogP contribution in [0.5, 0.6) is 0 Å². The van der Waals surface area contributed by atoms with Crippen LogP contribution in [-0.2, 0) is 9.53 Å². The molecule has 0 radical (unpaired) electrons. The van der Waals surface area contributed by atoms with Crippen LogP contribution in [0.4, 0.5) is 0 Å². The predicted octanol–water partition coefficient (Wildman–Crippen LogP) is 0.951. The Morgan fingerprint density at radius 3 is 2.42 bits per heavy atom. The first-order chi connectivity index (χ1) is 5.31. The summed E-state index contributed by atoms with van der Waals surface area (Å²) in [5.74, 6) is -0.844. The molecule has 0 amide bonds. The largest absolute Gasteiger partial charge is 0.481 e. The van der Waals surface area contributed by atoms with E-state index in [1.807, 2.05) is 20.8 Å². The second-order valence-electron chi connectivity index (χ2n) is 3.70. The van der Waals surface area contributed by atoms with Crippen molar-refractivity contribution in [3.63, 3.8) is 0 Å². The summed E-state index contributed by atoms with van der Waals surface area (Å²) in [6.45, 7) is 5.65. The van der Waals surface area contributed by atoms with Crippen LogP contribution >= 0.6 is 0 Å². The first-order valence-electron chi connectivity index (χ1n) is 3.96. The van der Waals surface area contributed by atoms with E-state index in [0.717, 1.165) is 0 Å². The molecular weight excluding hydrogens is 158 g/mol. The van der Waals surface area contributed by atoms with Crippen molar-refractivity contribution in [2.24, 2.45) is 5.73 Å². The summed E-state index contributed by atoms with van der Waals surface area (Å²) in [6.07, 6.45) is -0.0785. The molecule has 4 nitrogen and oxygen atoms in total. The number of carboxylic acid groups (broad SMARTS) is 1. The smallest absolute Gasteiger partial charge is 0.303 e. The summed E-state index contributed by atoms with van der Waals surface area (Å²) in [7, 11) is 0. The lowest BCUT2D eigenvalue weighted by Gasteiger charge is -2.24. The van der Waals surface area contributed by atoms with Crippen molar-refractivity contribution in [3.8, 4) is 0 Å². The van der Waals surface area contributed by atoms with E-state index in [1.54, 1.807) is 0 Å². The van der Waals surface area contributed by atoms with E-state index < -0.39 is 12.2 Å². The predicted molar refractivity (Wildman–Crippen MR) is 45.7 cm³/mol. The van der Waals surface area contributed by atoms with E-state index in [-0.39, 0.29) is 12.0 Å². The molecule has 0 saturated carbocycles. The summed E-state index contributed by atoms with van der Waals surface area (Å²) in [6, 6.07) is 0. The SMILES string of the molecule is CC(C)(C)O[C@H](N)CCC(=O)O. The Morgan fingerprint density at radius 1 is 1.58 bits per heavy atom. The highest BCUT2D eigenvalue weighted by atomic mass is 16.5. The highest BCUT2D eigenvalue weighted by Crippen LogP contribution is 2.10. The lowest BCUT2D eigenvalue weighted by Crippen LogP contribution is -2.33. The van der Waals surface area contributed by atoms with Gasteiger partial charge < -0.3 is 15.6 Å². The quantitative estimate of drug-likeness (QED) is 0.624. The third-order valence-electron chi connectivity index (χ3n) is 1.15. The molecule has 0 aliphatic heterocycles. The van der Waals surface area contributed by atoms with Gasteiger partial charge in [-0.25, -0.2) is 0 Å². The van der Waals surface area contributed by atoms with E-state index in [1.165, 1.54) is 0 Å². The Morgan fingerprint density at radius 2 is 2.08 bits per heavy atom. The van der Waals surface area contributed by atoms with Gasteiger partial charge >= 0.3 is 5.97 Å². The summed E-state index contributed by atoms with van der Waals surface area (Å²) < 4.78 is 5.30. The molecule has 0 aliphatic carbocycles. The Labute approximate surface area is 72.7 Å². The molecule has 0 unspecified atom stereocenters. The van der Waals surface area contributed by atoms with Crippen LogP contribution in [0.1, 0.15) is 33.6 Å². The van der Waals surface area contributed by atoms with Crippen molar-refractivity contribution in [1.29, 1.82) is 0 Å². The number of ether oxygens (including phenoxy) is 1. The second kappa shape index (κ2) is 4.42. The van der Waals surface area contributed by atoms with Gasteiger partial charge in [-0.1, -0.05) is 0 Å². The minimum Gasteiger partial charge on any atom is -0.481 e. The standard InChI is InChI=1S/C8H17NO3/c1-8(2,3)12-6(9)4-5-7(10)11/h6H,4-5,9H2,1-3H3,(H,10,11)/t6-/m0/s1. The van der Waals surface area contributed by atoms with Crippen molar-refractivity contribution in [1.82, 2.24) is 0 Å². The molecule has 0 aromatic heterocycles. The molecule has 0 heterocycles. The van der Waals surface area contributed by atoms with Gasteiger partial charge in [0.15, 0.2) is 0 Å². The van der Waals surface area contributed by atoms with Gasteiger partial charge in [-0.15, -0.1) is 0 Å². The average Bonchev–Trinajstić information content (AvgIpc) is 1.79. The first-order valence-corrected chi connectivity index (χ1v) is 3.96. The molecule has 0 aromatic carbocycles. The lowest BCUT2D eigenvalue weighted by atomic mass is 10.2. The zero-order chi connectivity index (χ0) is 9.78. The van der Waals surface area contributed by atoms with E-state index in [0.29, 0.717) is 6.42 Å². The molecule has 0 rings (SSSR count). The fourth-order valence-electron chi connectivity index (χ4n) is 0.779. The number of carboxylic acids is 1. The van der Waals surface area contributed by atoms with Crippen LogP contribution in [0.25, 0.3) is 0 Å². The van der Waals surface area contributed by atoms with E-state index in [9.17, 15) is 4.79 Å². The van der Waals surface area contributed by atoms with Crippen molar-refractivity contribution in [2.75, 3.05) is 0 Å². The Kier molecular flexibility index (Phi) is 4.20. The number of rotatable bonds is 4. The van der Waals surface area contributed by atoms with Gasteiger partial charge in [-0.05, 0) is 27.2 Å². The monoisotopic (exact) mass is 175 g/mol. The van der Waals surface area contributed by atoms with Gasteiger partial charge in [-0.3, -0.25) is 4.79 Å². The summed E-state index contributed by atoms with van der Waals surface area (Å²) in [4.78, 5) is 10.2. The molecule has 12 heavy (non-hydrogen) atoms. The van der Waals surface area contributed by atoms with E-state index in [2.05, 4.69) is 0 Å². The molecule has 0 aliphatic rings. The normalized spacial score (nSPS) is 14.3. The Hall–Kier alpha value is -0.610.